The fourth-order valence-corrected chi connectivity index (χ4v) is 6.72. The van der Waals surface area contributed by atoms with Crippen molar-refractivity contribution in [3.05, 3.63) is 74.8 Å². The molecule has 9 heteroatoms. The number of ether oxygens (including phenoxy) is 1. The van der Waals surface area contributed by atoms with E-state index in [-0.39, 0.29) is 18.0 Å². The van der Waals surface area contributed by atoms with Crippen LogP contribution in [0.2, 0.25) is 0 Å². The number of anilines is 2. The lowest BCUT2D eigenvalue weighted by atomic mass is 9.95. The topological polar surface area (TPSA) is 93.8 Å². The summed E-state index contributed by atoms with van der Waals surface area (Å²) in [5.41, 5.74) is 6.59. The predicted octanol–water partition coefficient (Wildman–Crippen LogP) is 4.83. The van der Waals surface area contributed by atoms with Crippen LogP contribution in [0.5, 0.6) is 0 Å². The van der Waals surface area contributed by atoms with Gasteiger partial charge in [0.25, 0.3) is 11.5 Å². The Labute approximate surface area is 261 Å². The average molecular weight is 601 g/mol. The molecule has 44 heavy (non-hydrogen) atoms. The second kappa shape index (κ2) is 13.9. The standard InChI is InChI=1S/C35H48N6O3/c1-7-41(29-12-16-44-17-13-29)32-20-27(26-8-9-33(36-21-26)40(6)28-10-14-39(5)15-11-28)19-30(25(32)4)34(42)37-22-31-23(2)18-24(3)38-35(31)43/h8-9,18-21,28-29H,7,10-17,22H2,1-6H3,(H,37,42)(H,38,43). The molecule has 0 radical (unpaired) electrons. The number of likely N-dealkylation sites (tertiary alicyclic amines) is 1. The fourth-order valence-electron chi connectivity index (χ4n) is 6.72. The molecule has 2 N–H and O–H groups in total. The minimum Gasteiger partial charge on any atom is -0.381 e. The summed E-state index contributed by atoms with van der Waals surface area (Å²) in [7, 11) is 4.32. The van der Waals surface area contributed by atoms with Gasteiger partial charge in [-0.05, 0) is 121 Å². The van der Waals surface area contributed by atoms with E-state index < -0.39 is 0 Å². The van der Waals surface area contributed by atoms with Gasteiger partial charge in [0.2, 0.25) is 0 Å². The van der Waals surface area contributed by atoms with Gasteiger partial charge in [-0.25, -0.2) is 4.98 Å². The molecule has 0 bridgehead atoms. The molecule has 1 aromatic carbocycles. The Morgan fingerprint density at radius 3 is 2.41 bits per heavy atom. The van der Waals surface area contributed by atoms with Crippen LogP contribution in [0.3, 0.4) is 0 Å². The van der Waals surface area contributed by atoms with E-state index in [1.165, 1.54) is 0 Å². The number of hydrogen-bond acceptors (Lipinski definition) is 7. The molecule has 5 rings (SSSR count). The maximum absolute atomic E-state index is 13.8. The summed E-state index contributed by atoms with van der Waals surface area (Å²) in [6.45, 7) is 12.6. The van der Waals surface area contributed by atoms with Crippen LogP contribution in [-0.4, -0.2) is 79.8 Å². The molecule has 2 saturated heterocycles. The number of aromatic amines is 1. The molecule has 0 unspecified atom stereocenters. The van der Waals surface area contributed by atoms with Crippen LogP contribution < -0.4 is 20.7 Å². The monoisotopic (exact) mass is 600 g/mol. The highest BCUT2D eigenvalue weighted by atomic mass is 16.5. The summed E-state index contributed by atoms with van der Waals surface area (Å²) in [6, 6.07) is 11.1. The van der Waals surface area contributed by atoms with Crippen molar-refractivity contribution in [3.63, 3.8) is 0 Å². The first kappa shape index (κ1) is 31.7. The van der Waals surface area contributed by atoms with Gasteiger partial charge in [0.15, 0.2) is 0 Å². The lowest BCUT2D eigenvalue weighted by Crippen LogP contribution is -2.42. The van der Waals surface area contributed by atoms with E-state index in [1.807, 2.05) is 39.1 Å². The molecule has 2 fully saturated rings. The smallest absolute Gasteiger partial charge is 0.253 e. The molecular formula is C35H48N6O3. The number of aromatic nitrogens is 2. The quantitative estimate of drug-likeness (QED) is 0.364. The SMILES string of the molecule is CCN(c1cc(-c2ccc(N(C)C3CCN(C)CC3)nc2)cc(C(=O)NCc2c(C)cc(C)[nH]c2=O)c1C)C1CCOCC1. The van der Waals surface area contributed by atoms with Crippen LogP contribution in [0.4, 0.5) is 11.5 Å². The van der Waals surface area contributed by atoms with E-state index in [0.29, 0.717) is 23.2 Å². The summed E-state index contributed by atoms with van der Waals surface area (Å²) in [5, 5.41) is 3.04. The molecule has 236 valence electrons. The van der Waals surface area contributed by atoms with Crippen molar-refractivity contribution < 1.29 is 9.53 Å². The zero-order chi connectivity index (χ0) is 31.4. The first-order chi connectivity index (χ1) is 21.2. The number of benzene rings is 1. The van der Waals surface area contributed by atoms with Crippen molar-refractivity contribution in [3.8, 4) is 11.1 Å². The number of hydrogen-bond donors (Lipinski definition) is 2. The minimum atomic E-state index is -0.195. The number of piperidine rings is 1. The predicted molar refractivity (Wildman–Crippen MR) is 178 cm³/mol. The average Bonchev–Trinajstić information content (AvgIpc) is 3.02. The Hall–Kier alpha value is -3.69. The minimum absolute atomic E-state index is 0.163. The number of nitrogens with zero attached hydrogens (tertiary/aromatic N) is 4. The molecule has 1 amide bonds. The Bertz CT molecular complexity index is 1500. The summed E-state index contributed by atoms with van der Waals surface area (Å²) in [5.74, 6) is 0.768. The first-order valence-corrected chi connectivity index (χ1v) is 16.0. The van der Waals surface area contributed by atoms with E-state index in [1.54, 1.807) is 0 Å². The van der Waals surface area contributed by atoms with Crippen molar-refractivity contribution in [1.29, 1.82) is 0 Å². The molecule has 0 atom stereocenters. The maximum atomic E-state index is 13.8. The van der Waals surface area contributed by atoms with E-state index in [0.717, 1.165) is 98.0 Å². The van der Waals surface area contributed by atoms with E-state index in [9.17, 15) is 9.59 Å². The highest BCUT2D eigenvalue weighted by Crippen LogP contribution is 2.34. The third-order valence-corrected chi connectivity index (χ3v) is 9.50. The first-order valence-electron chi connectivity index (χ1n) is 16.0. The van der Waals surface area contributed by atoms with Crippen LogP contribution in [0.25, 0.3) is 11.1 Å². The third kappa shape index (κ3) is 7.00. The number of nitrogens with one attached hydrogen (secondary N) is 2. The van der Waals surface area contributed by atoms with Gasteiger partial charge in [0.05, 0.1) is 0 Å². The largest absolute Gasteiger partial charge is 0.381 e. The highest BCUT2D eigenvalue weighted by molar-refractivity contribution is 5.99. The summed E-state index contributed by atoms with van der Waals surface area (Å²) in [4.78, 5) is 41.3. The number of carbonyl (C=O) groups is 1. The van der Waals surface area contributed by atoms with Gasteiger partial charge in [-0.2, -0.15) is 0 Å². The van der Waals surface area contributed by atoms with Gasteiger partial charge in [-0.3, -0.25) is 9.59 Å². The molecule has 3 aromatic rings. The molecule has 2 aromatic heterocycles. The van der Waals surface area contributed by atoms with Crippen LogP contribution in [0, 0.1) is 20.8 Å². The Kier molecular flexibility index (Phi) is 10.1. The Balaban J connectivity index is 1.47. The van der Waals surface area contributed by atoms with Crippen molar-refractivity contribution in [2.45, 2.75) is 72.0 Å². The van der Waals surface area contributed by atoms with Crippen molar-refractivity contribution >= 4 is 17.4 Å². The Morgan fingerprint density at radius 1 is 1.05 bits per heavy atom. The lowest BCUT2D eigenvalue weighted by molar-refractivity contribution is 0.0846. The van der Waals surface area contributed by atoms with Gasteiger partial charge in [0, 0.05) is 79.7 Å². The molecule has 0 aliphatic carbocycles. The molecule has 0 saturated carbocycles. The molecular weight excluding hydrogens is 552 g/mol. The van der Waals surface area contributed by atoms with Gasteiger partial charge >= 0.3 is 0 Å². The van der Waals surface area contributed by atoms with E-state index >= 15 is 0 Å². The third-order valence-electron chi connectivity index (χ3n) is 9.50. The van der Waals surface area contributed by atoms with E-state index in [4.69, 9.17) is 9.72 Å². The zero-order valence-corrected chi connectivity index (χ0v) is 27.2. The zero-order valence-electron chi connectivity index (χ0n) is 27.2. The number of amides is 1. The van der Waals surface area contributed by atoms with Gasteiger partial charge in [-0.1, -0.05) is 0 Å². The van der Waals surface area contributed by atoms with Crippen molar-refractivity contribution in [2.24, 2.45) is 0 Å². The number of aryl methyl sites for hydroxylation is 2. The van der Waals surface area contributed by atoms with E-state index in [2.05, 4.69) is 64.2 Å². The maximum Gasteiger partial charge on any atom is 0.253 e. The van der Waals surface area contributed by atoms with Crippen molar-refractivity contribution in [2.75, 3.05) is 56.7 Å². The molecule has 0 spiro atoms. The van der Waals surface area contributed by atoms with Gasteiger partial charge in [0.1, 0.15) is 5.82 Å². The summed E-state index contributed by atoms with van der Waals surface area (Å²) in [6.07, 6.45) is 6.09. The van der Waals surface area contributed by atoms with Crippen molar-refractivity contribution in [1.82, 2.24) is 20.2 Å². The highest BCUT2D eigenvalue weighted by Gasteiger charge is 2.26. The Morgan fingerprint density at radius 2 is 1.77 bits per heavy atom. The molecule has 4 heterocycles. The lowest BCUT2D eigenvalue weighted by Gasteiger charge is -2.37. The number of pyridine rings is 2. The van der Waals surface area contributed by atoms with Crippen LogP contribution >= 0.6 is 0 Å². The molecule has 9 nitrogen and oxygen atoms in total. The summed E-state index contributed by atoms with van der Waals surface area (Å²) >= 11 is 0. The second-order valence-corrected chi connectivity index (χ2v) is 12.5. The number of H-pyrrole nitrogens is 1. The molecule has 2 aliphatic rings. The number of carbonyl (C=O) groups excluding carboxylic acids is 1. The van der Waals surface area contributed by atoms with Crippen LogP contribution in [-0.2, 0) is 11.3 Å². The van der Waals surface area contributed by atoms with Crippen LogP contribution in [0.15, 0.2) is 41.3 Å². The van der Waals surface area contributed by atoms with Gasteiger partial charge < -0.3 is 29.7 Å². The van der Waals surface area contributed by atoms with Gasteiger partial charge in [-0.15, -0.1) is 0 Å². The normalized spacial score (nSPS) is 16.6. The van der Waals surface area contributed by atoms with Crippen LogP contribution in [0.1, 0.15) is 65.3 Å². The summed E-state index contributed by atoms with van der Waals surface area (Å²) < 4.78 is 5.66. The fraction of sp³-hybridized carbons (Fsp3) is 0.514. The molecule has 2 aliphatic heterocycles. The number of rotatable bonds is 9. The second-order valence-electron chi connectivity index (χ2n) is 12.5.